The van der Waals surface area contributed by atoms with E-state index in [1.807, 2.05) is 0 Å². The maximum atomic E-state index is 13.6. The highest BCUT2D eigenvalue weighted by Gasteiger charge is 2.34. The molecule has 0 spiro atoms. The van der Waals surface area contributed by atoms with Crippen LogP contribution in [-0.4, -0.2) is 22.9 Å². The van der Waals surface area contributed by atoms with Crippen molar-refractivity contribution in [1.29, 1.82) is 0 Å². The van der Waals surface area contributed by atoms with Gasteiger partial charge in [-0.1, -0.05) is 29.8 Å². The van der Waals surface area contributed by atoms with Gasteiger partial charge in [0.1, 0.15) is 22.9 Å². The first-order valence-electron chi connectivity index (χ1n) is 9.03. The van der Waals surface area contributed by atoms with Gasteiger partial charge in [-0.05, 0) is 54.7 Å². The normalized spacial score (nSPS) is 15.2. The van der Waals surface area contributed by atoms with Crippen molar-refractivity contribution in [2.45, 2.75) is 0 Å². The van der Waals surface area contributed by atoms with Crippen molar-refractivity contribution in [3.05, 3.63) is 82.3 Å². The van der Waals surface area contributed by atoms with Gasteiger partial charge in [-0.2, -0.15) is 0 Å². The van der Waals surface area contributed by atoms with Crippen LogP contribution >= 0.6 is 23.8 Å². The molecular weight excluding hydrogens is 459 g/mol. The summed E-state index contributed by atoms with van der Waals surface area (Å²) in [6.45, 7) is 0. The zero-order valence-electron chi connectivity index (χ0n) is 15.9. The van der Waals surface area contributed by atoms with E-state index in [4.69, 9.17) is 28.2 Å². The average Bonchev–Trinajstić information content (AvgIpc) is 3.19. The lowest BCUT2D eigenvalue weighted by molar-refractivity contribution is -0.255. The molecule has 0 unspecified atom stereocenters. The molecular formula is C22H11ClFN2O5S-. The molecule has 1 aliphatic heterocycles. The van der Waals surface area contributed by atoms with Gasteiger partial charge in [-0.15, -0.1) is 0 Å². The number of nitrogens with zero attached hydrogens (tertiary/aromatic N) is 1. The third-order valence-electron chi connectivity index (χ3n) is 4.55. The van der Waals surface area contributed by atoms with Gasteiger partial charge in [-0.3, -0.25) is 19.8 Å². The Balaban J connectivity index is 1.66. The molecule has 1 aliphatic rings. The molecule has 1 fully saturated rings. The highest BCUT2D eigenvalue weighted by atomic mass is 35.5. The van der Waals surface area contributed by atoms with Gasteiger partial charge in [0.15, 0.2) is 5.11 Å². The number of thiocarbonyl (C=S) groups is 1. The minimum Gasteiger partial charge on any atom is -0.545 e. The van der Waals surface area contributed by atoms with Crippen LogP contribution < -0.4 is 15.3 Å². The van der Waals surface area contributed by atoms with Crippen LogP contribution in [0.1, 0.15) is 16.1 Å². The number of anilines is 1. The second-order valence-corrected chi connectivity index (χ2v) is 7.42. The zero-order chi connectivity index (χ0) is 23.0. The third kappa shape index (κ3) is 4.03. The number of amides is 2. The summed E-state index contributed by atoms with van der Waals surface area (Å²) in [5.41, 5.74) is 0.205. The minimum absolute atomic E-state index is 0.0279. The maximum absolute atomic E-state index is 13.6. The van der Waals surface area contributed by atoms with Crippen molar-refractivity contribution in [2.24, 2.45) is 0 Å². The van der Waals surface area contributed by atoms with Gasteiger partial charge in [0.25, 0.3) is 11.8 Å². The Morgan fingerprint density at radius 1 is 1.16 bits per heavy atom. The van der Waals surface area contributed by atoms with Crippen molar-refractivity contribution in [3.8, 4) is 11.3 Å². The topological polar surface area (TPSA) is 103 Å². The summed E-state index contributed by atoms with van der Waals surface area (Å²) in [5.74, 6) is -2.96. The third-order valence-corrected chi connectivity index (χ3v) is 5.15. The van der Waals surface area contributed by atoms with Gasteiger partial charge >= 0.3 is 0 Å². The van der Waals surface area contributed by atoms with Crippen LogP contribution in [0.5, 0.6) is 0 Å². The molecule has 0 saturated carbocycles. The number of hydrogen-bond donors (Lipinski definition) is 1. The molecule has 2 amide bonds. The molecule has 1 N–H and O–H groups in total. The Morgan fingerprint density at radius 3 is 2.62 bits per heavy atom. The summed E-state index contributed by atoms with van der Waals surface area (Å²) in [4.78, 5) is 37.3. The monoisotopic (exact) mass is 469 g/mol. The quantitative estimate of drug-likeness (QED) is 0.358. The second-order valence-electron chi connectivity index (χ2n) is 6.62. The number of halogens is 2. The molecule has 1 aromatic heterocycles. The summed E-state index contributed by atoms with van der Waals surface area (Å²) in [6.07, 6.45) is 1.23. The van der Waals surface area contributed by atoms with Crippen LogP contribution in [0.15, 0.2) is 64.6 Å². The predicted molar refractivity (Wildman–Crippen MR) is 116 cm³/mol. The Labute approximate surface area is 190 Å². The smallest absolute Gasteiger partial charge is 0.270 e. The molecule has 2 aromatic carbocycles. The number of furan rings is 1. The molecule has 10 heteroatoms. The predicted octanol–water partition coefficient (Wildman–Crippen LogP) is 2.93. The van der Waals surface area contributed by atoms with Crippen LogP contribution in [0.3, 0.4) is 0 Å². The van der Waals surface area contributed by atoms with E-state index in [0.29, 0.717) is 11.3 Å². The Hall–Kier alpha value is -3.82. The van der Waals surface area contributed by atoms with E-state index in [9.17, 15) is 23.9 Å². The number of hydrogen-bond acceptors (Lipinski definition) is 6. The van der Waals surface area contributed by atoms with Crippen molar-refractivity contribution >= 4 is 58.5 Å². The fourth-order valence-electron chi connectivity index (χ4n) is 3.07. The summed E-state index contributed by atoms with van der Waals surface area (Å²) < 4.78 is 19.3. The summed E-state index contributed by atoms with van der Waals surface area (Å²) in [5, 5.41) is 13.2. The SMILES string of the molecule is O=C1NC(=S)N(c2cccc(F)c2)C(=O)/C1=C\c1ccc(-c2ccc(C(=O)[O-])c(Cl)c2)o1. The molecule has 0 aliphatic carbocycles. The fraction of sp³-hybridized carbons (Fsp3) is 0. The van der Waals surface area contributed by atoms with E-state index in [1.165, 1.54) is 48.5 Å². The van der Waals surface area contributed by atoms with Crippen molar-refractivity contribution < 1.29 is 28.3 Å². The number of aromatic carboxylic acids is 1. The molecule has 160 valence electrons. The van der Waals surface area contributed by atoms with E-state index in [-0.39, 0.29) is 32.7 Å². The van der Waals surface area contributed by atoms with Crippen LogP contribution in [-0.2, 0) is 9.59 Å². The van der Waals surface area contributed by atoms with E-state index in [2.05, 4.69) is 5.32 Å². The molecule has 2 heterocycles. The van der Waals surface area contributed by atoms with Gasteiger partial charge < -0.3 is 14.3 Å². The van der Waals surface area contributed by atoms with E-state index < -0.39 is 23.6 Å². The molecule has 32 heavy (non-hydrogen) atoms. The van der Waals surface area contributed by atoms with E-state index in [0.717, 1.165) is 11.0 Å². The van der Waals surface area contributed by atoms with Gasteiger partial charge in [0.2, 0.25) is 0 Å². The molecule has 0 radical (unpaired) electrons. The molecule has 1 saturated heterocycles. The fourth-order valence-corrected chi connectivity index (χ4v) is 3.61. The number of benzene rings is 2. The molecule has 4 rings (SSSR count). The van der Waals surface area contributed by atoms with Gasteiger partial charge in [-0.25, -0.2) is 4.39 Å². The first-order valence-corrected chi connectivity index (χ1v) is 9.81. The van der Waals surface area contributed by atoms with E-state index in [1.54, 1.807) is 6.07 Å². The minimum atomic E-state index is -1.41. The first kappa shape index (κ1) is 21.4. The summed E-state index contributed by atoms with van der Waals surface area (Å²) in [7, 11) is 0. The van der Waals surface area contributed by atoms with Crippen molar-refractivity contribution in [2.75, 3.05) is 4.90 Å². The number of carbonyl (C=O) groups excluding carboxylic acids is 3. The standard InChI is InChI=1S/C22H12ClFN2O5S/c23-17-8-11(4-6-15(17)21(29)30)18-7-5-14(31-18)10-16-19(27)25-22(32)26(20(16)28)13-3-1-2-12(24)9-13/h1-10H,(H,29,30)(H,25,27,32)/p-1/b16-10-. The summed E-state index contributed by atoms with van der Waals surface area (Å²) >= 11 is 11.0. The van der Waals surface area contributed by atoms with Crippen LogP contribution in [0.2, 0.25) is 5.02 Å². The lowest BCUT2D eigenvalue weighted by Gasteiger charge is -2.28. The first-order chi connectivity index (χ1) is 15.2. The van der Waals surface area contributed by atoms with E-state index >= 15 is 0 Å². The van der Waals surface area contributed by atoms with Crippen LogP contribution in [0.25, 0.3) is 17.4 Å². The number of carboxylic acid groups (broad SMARTS) is 1. The van der Waals surface area contributed by atoms with Crippen LogP contribution in [0, 0.1) is 5.82 Å². The van der Waals surface area contributed by atoms with Gasteiger partial charge in [0.05, 0.1) is 16.7 Å². The van der Waals surface area contributed by atoms with Crippen molar-refractivity contribution in [3.63, 3.8) is 0 Å². The number of nitrogens with one attached hydrogen (secondary N) is 1. The Bertz CT molecular complexity index is 1330. The number of carbonyl (C=O) groups is 3. The number of rotatable bonds is 4. The lowest BCUT2D eigenvalue weighted by atomic mass is 10.1. The molecule has 3 aromatic rings. The van der Waals surface area contributed by atoms with Crippen molar-refractivity contribution in [1.82, 2.24) is 5.32 Å². The zero-order valence-corrected chi connectivity index (χ0v) is 17.5. The average molecular weight is 470 g/mol. The van der Waals surface area contributed by atoms with Crippen LogP contribution in [0.4, 0.5) is 10.1 Å². The highest BCUT2D eigenvalue weighted by molar-refractivity contribution is 7.80. The number of carboxylic acids is 1. The largest absolute Gasteiger partial charge is 0.545 e. The molecule has 7 nitrogen and oxygen atoms in total. The highest BCUT2D eigenvalue weighted by Crippen LogP contribution is 2.29. The maximum Gasteiger partial charge on any atom is 0.270 e. The Morgan fingerprint density at radius 2 is 1.94 bits per heavy atom. The summed E-state index contributed by atoms with van der Waals surface area (Å²) in [6, 6.07) is 12.5. The molecule has 0 bridgehead atoms. The Kier molecular flexibility index (Phi) is 5.60. The molecule has 0 atom stereocenters. The van der Waals surface area contributed by atoms with Gasteiger partial charge in [0, 0.05) is 11.1 Å². The lowest BCUT2D eigenvalue weighted by Crippen LogP contribution is -2.54. The second kappa shape index (κ2) is 8.37.